The van der Waals surface area contributed by atoms with Crippen LogP contribution in [-0.2, 0) is 0 Å². The number of rotatable bonds is 3. The lowest BCUT2D eigenvalue weighted by atomic mass is 10.6. The molecule has 0 aliphatic rings. The van der Waals surface area contributed by atoms with Gasteiger partial charge in [0.1, 0.15) is 0 Å². The predicted octanol–water partition coefficient (Wildman–Crippen LogP) is 1.75. The van der Waals surface area contributed by atoms with Gasteiger partial charge in [-0.1, -0.05) is 29.2 Å². The molecule has 0 rings (SSSR count). The van der Waals surface area contributed by atoms with Crippen molar-refractivity contribution in [3.63, 3.8) is 0 Å². The Balaban J connectivity index is 3.32. The van der Waals surface area contributed by atoms with Crippen LogP contribution in [0.15, 0.2) is 11.6 Å². The third kappa shape index (κ3) is 3.60. The van der Waals surface area contributed by atoms with Crippen molar-refractivity contribution in [2.45, 2.75) is 0 Å². The molecule has 0 aromatic rings. The molecular weight excluding hydrogens is 233 g/mol. The molecule has 0 aromatic heterocycles. The predicted molar refractivity (Wildman–Crippen MR) is 49.6 cm³/mol. The largest absolute Gasteiger partial charge is 0.369 e. The van der Waals surface area contributed by atoms with Crippen LogP contribution in [0, 0.1) is 0 Å². The number of thiol groups is 1. The van der Waals surface area contributed by atoms with Crippen molar-refractivity contribution in [3.05, 3.63) is 11.6 Å². The van der Waals surface area contributed by atoms with Crippen molar-refractivity contribution >= 4 is 35.2 Å². The molecule has 0 amide bonds. The van der Waals surface area contributed by atoms with Crippen LogP contribution in [0.4, 0.5) is 0 Å². The van der Waals surface area contributed by atoms with Gasteiger partial charge in [0, 0.05) is 18.0 Å². The Morgan fingerprint density at radius 1 is 1.88 bits per heavy atom. The molecule has 0 saturated heterocycles. The van der Waals surface area contributed by atoms with E-state index in [4.69, 9.17) is 0 Å². The fourth-order valence-electron chi connectivity index (χ4n) is 0.256. The van der Waals surface area contributed by atoms with E-state index >= 15 is 0 Å². The lowest BCUT2D eigenvalue weighted by molar-refractivity contribution is 0.482. The Morgan fingerprint density at radius 2 is 2.38 bits per heavy atom. The summed E-state index contributed by atoms with van der Waals surface area (Å²) in [6.45, 7) is 4.69. The molecule has 0 bridgehead atoms. The second-order valence-corrected chi connectivity index (χ2v) is 3.12. The molecule has 0 fully saturated rings. The lowest BCUT2D eigenvalue weighted by Crippen LogP contribution is -2.15. The van der Waals surface area contributed by atoms with Gasteiger partial charge in [0.2, 0.25) is 0 Å². The molecule has 0 aliphatic carbocycles. The van der Waals surface area contributed by atoms with Crippen molar-refractivity contribution in [2.75, 3.05) is 18.0 Å². The van der Waals surface area contributed by atoms with Gasteiger partial charge < -0.3 is 4.90 Å². The molecule has 1 nitrogen and oxygen atoms in total. The zero-order valence-corrected chi connectivity index (χ0v) is 7.95. The highest BCUT2D eigenvalue weighted by Gasteiger charge is 1.92. The Labute approximate surface area is 69.7 Å². The van der Waals surface area contributed by atoms with Gasteiger partial charge in [0.25, 0.3) is 0 Å². The van der Waals surface area contributed by atoms with E-state index < -0.39 is 0 Å². The number of halogens is 1. The van der Waals surface area contributed by atoms with Crippen LogP contribution in [-0.4, -0.2) is 22.9 Å². The summed E-state index contributed by atoms with van der Waals surface area (Å²) in [6.07, 6.45) is 0. The first-order chi connectivity index (χ1) is 3.68. The van der Waals surface area contributed by atoms with Crippen molar-refractivity contribution in [1.82, 2.24) is 4.90 Å². The number of nitrogens with zero attached hydrogens (tertiary/aromatic N) is 1. The molecule has 0 N–H and O–H groups in total. The van der Waals surface area contributed by atoms with Crippen LogP contribution >= 0.6 is 35.2 Å². The second-order valence-electron chi connectivity index (χ2n) is 1.53. The van der Waals surface area contributed by atoms with Crippen molar-refractivity contribution in [3.8, 4) is 0 Å². The average Bonchev–Trinajstić information content (AvgIpc) is 1.67. The van der Waals surface area contributed by atoms with Gasteiger partial charge in [-0.15, -0.1) is 12.6 Å². The number of hydrogen-bond donors (Lipinski definition) is 1. The fraction of sp³-hybridized carbons (Fsp3) is 0.600. The van der Waals surface area contributed by atoms with Crippen molar-refractivity contribution in [1.29, 1.82) is 0 Å². The quantitative estimate of drug-likeness (QED) is 0.449. The molecule has 0 heterocycles. The van der Waals surface area contributed by atoms with Gasteiger partial charge in [0.15, 0.2) is 0 Å². The highest BCUT2D eigenvalue weighted by molar-refractivity contribution is 14.1. The lowest BCUT2D eigenvalue weighted by Gasteiger charge is -2.15. The third-order valence-corrected chi connectivity index (χ3v) is 1.68. The van der Waals surface area contributed by atoms with Crippen LogP contribution in [0.2, 0.25) is 0 Å². The first-order valence-electron chi connectivity index (χ1n) is 2.33. The Kier molecular flexibility index (Phi) is 4.84. The SMILES string of the molecule is C=C(S)N(C)CCI. The highest BCUT2D eigenvalue weighted by atomic mass is 127. The van der Waals surface area contributed by atoms with Gasteiger partial charge >= 0.3 is 0 Å². The maximum Gasteiger partial charge on any atom is 0.0600 e. The summed E-state index contributed by atoms with van der Waals surface area (Å²) in [4.78, 5) is 2.01. The van der Waals surface area contributed by atoms with Gasteiger partial charge in [0.05, 0.1) is 5.03 Å². The molecule has 0 aliphatic heterocycles. The average molecular weight is 243 g/mol. The fourth-order valence-corrected chi connectivity index (χ4v) is 1.08. The van der Waals surface area contributed by atoms with Crippen LogP contribution in [0.3, 0.4) is 0 Å². The highest BCUT2D eigenvalue weighted by Crippen LogP contribution is 2.01. The molecular formula is C5H10INS. The number of alkyl halides is 1. The minimum Gasteiger partial charge on any atom is -0.369 e. The summed E-state index contributed by atoms with van der Waals surface area (Å²) in [5, 5.41) is 0.835. The summed E-state index contributed by atoms with van der Waals surface area (Å²) in [5.74, 6) is 0. The molecule has 0 aromatic carbocycles. The molecule has 0 saturated carbocycles. The van der Waals surface area contributed by atoms with E-state index in [0.717, 1.165) is 16.0 Å². The maximum absolute atomic E-state index is 4.06. The molecule has 3 heteroatoms. The zero-order chi connectivity index (χ0) is 6.57. The van der Waals surface area contributed by atoms with E-state index in [1.54, 1.807) is 0 Å². The van der Waals surface area contributed by atoms with E-state index in [1.807, 2.05) is 11.9 Å². The molecule has 0 atom stereocenters. The zero-order valence-electron chi connectivity index (χ0n) is 4.89. The Hall–Kier alpha value is 0.620. The summed E-state index contributed by atoms with van der Waals surface area (Å²) in [6, 6.07) is 0. The molecule has 0 spiro atoms. The van der Waals surface area contributed by atoms with E-state index in [0.29, 0.717) is 0 Å². The van der Waals surface area contributed by atoms with Crippen molar-refractivity contribution < 1.29 is 0 Å². The van der Waals surface area contributed by atoms with E-state index in [1.165, 1.54) is 0 Å². The van der Waals surface area contributed by atoms with Crippen LogP contribution in [0.25, 0.3) is 0 Å². The second kappa shape index (κ2) is 4.49. The van der Waals surface area contributed by atoms with Gasteiger partial charge in [-0.05, 0) is 0 Å². The van der Waals surface area contributed by atoms with Crippen LogP contribution in [0.1, 0.15) is 0 Å². The normalized spacial score (nSPS) is 8.88. The molecule has 0 radical (unpaired) electrons. The Bertz CT molecular complexity index is 84.5. The van der Waals surface area contributed by atoms with Gasteiger partial charge in [-0.2, -0.15) is 0 Å². The van der Waals surface area contributed by atoms with Crippen LogP contribution < -0.4 is 0 Å². The minimum atomic E-state index is 0.835. The van der Waals surface area contributed by atoms with E-state index in [-0.39, 0.29) is 0 Å². The van der Waals surface area contributed by atoms with E-state index in [2.05, 4.69) is 41.8 Å². The number of hydrogen-bond acceptors (Lipinski definition) is 2. The monoisotopic (exact) mass is 243 g/mol. The first kappa shape index (κ1) is 8.62. The van der Waals surface area contributed by atoms with E-state index in [9.17, 15) is 0 Å². The molecule has 8 heavy (non-hydrogen) atoms. The first-order valence-corrected chi connectivity index (χ1v) is 4.30. The summed E-state index contributed by atoms with van der Waals surface area (Å²) < 4.78 is 1.12. The summed E-state index contributed by atoms with van der Waals surface area (Å²) in [7, 11) is 1.98. The molecule has 48 valence electrons. The minimum absolute atomic E-state index is 0.835. The molecule has 0 unspecified atom stereocenters. The Morgan fingerprint density at radius 3 is 2.50 bits per heavy atom. The summed E-state index contributed by atoms with van der Waals surface area (Å²) in [5.41, 5.74) is 0. The van der Waals surface area contributed by atoms with Gasteiger partial charge in [-0.25, -0.2) is 0 Å². The standard InChI is InChI=1S/C5H10INS/c1-5(8)7(2)4-3-6/h8H,1,3-4H2,2H3. The van der Waals surface area contributed by atoms with Crippen molar-refractivity contribution in [2.24, 2.45) is 0 Å². The van der Waals surface area contributed by atoms with Crippen LogP contribution in [0.5, 0.6) is 0 Å². The third-order valence-electron chi connectivity index (χ3n) is 0.861. The summed E-state index contributed by atoms with van der Waals surface area (Å²) >= 11 is 6.37. The smallest absolute Gasteiger partial charge is 0.0600 e. The van der Waals surface area contributed by atoms with Gasteiger partial charge in [-0.3, -0.25) is 0 Å². The maximum atomic E-state index is 4.06. The topological polar surface area (TPSA) is 3.24 Å².